The normalized spacial score (nSPS) is 27.4. The van der Waals surface area contributed by atoms with Crippen molar-refractivity contribution in [2.24, 2.45) is 0 Å². The second kappa shape index (κ2) is 5.99. The maximum absolute atomic E-state index is 3.87. The molecule has 2 aliphatic heterocycles. The van der Waals surface area contributed by atoms with E-state index in [1.54, 1.807) is 0 Å². The molecular weight excluding hydrogens is 198 g/mol. The van der Waals surface area contributed by atoms with Crippen molar-refractivity contribution in [3.05, 3.63) is 0 Å². The highest BCUT2D eigenvalue weighted by molar-refractivity contribution is 4.83. The Kier molecular flexibility index (Phi) is 4.62. The molecule has 16 heavy (non-hydrogen) atoms. The Hall–Kier alpha value is -0.120. The van der Waals surface area contributed by atoms with E-state index in [4.69, 9.17) is 0 Å². The van der Waals surface area contributed by atoms with Crippen molar-refractivity contribution in [1.82, 2.24) is 15.1 Å². The summed E-state index contributed by atoms with van der Waals surface area (Å²) in [6, 6.07) is 1.57. The van der Waals surface area contributed by atoms with Gasteiger partial charge >= 0.3 is 0 Å². The van der Waals surface area contributed by atoms with Crippen molar-refractivity contribution in [1.29, 1.82) is 0 Å². The van der Waals surface area contributed by atoms with Crippen LogP contribution in [0.2, 0.25) is 0 Å². The van der Waals surface area contributed by atoms with Crippen LogP contribution in [0.4, 0.5) is 0 Å². The Morgan fingerprint density at radius 2 is 1.44 bits per heavy atom. The van der Waals surface area contributed by atoms with E-state index in [2.05, 4.69) is 29.1 Å². The van der Waals surface area contributed by atoms with Gasteiger partial charge in [-0.15, -0.1) is 0 Å². The van der Waals surface area contributed by atoms with E-state index in [-0.39, 0.29) is 0 Å². The van der Waals surface area contributed by atoms with Crippen LogP contribution in [0, 0.1) is 0 Å². The number of hydrogen-bond acceptors (Lipinski definition) is 3. The fourth-order valence-corrected chi connectivity index (χ4v) is 2.92. The van der Waals surface area contributed by atoms with Gasteiger partial charge in [0.15, 0.2) is 0 Å². The summed E-state index contributed by atoms with van der Waals surface area (Å²) in [5, 5.41) is 3.87. The molecule has 3 heteroatoms. The first-order chi connectivity index (χ1) is 7.78. The smallest absolute Gasteiger partial charge is 0.00940 e. The first kappa shape index (κ1) is 12.3. The number of piperidine rings is 2. The van der Waals surface area contributed by atoms with Crippen LogP contribution in [0.5, 0.6) is 0 Å². The zero-order chi connectivity index (χ0) is 11.4. The van der Waals surface area contributed by atoms with Crippen LogP contribution in [0.1, 0.15) is 32.6 Å². The molecule has 2 heterocycles. The lowest BCUT2D eigenvalue weighted by molar-refractivity contribution is 0.175. The molecule has 0 spiro atoms. The summed E-state index contributed by atoms with van der Waals surface area (Å²) in [6.45, 7) is 8.62. The first-order valence-electron chi connectivity index (χ1n) is 6.95. The second-order valence-electron chi connectivity index (χ2n) is 5.45. The number of rotatable bonds is 3. The summed E-state index contributed by atoms with van der Waals surface area (Å²) in [4.78, 5) is 5.00. The molecule has 0 aromatic rings. The average molecular weight is 225 g/mol. The van der Waals surface area contributed by atoms with E-state index in [9.17, 15) is 0 Å². The van der Waals surface area contributed by atoms with Gasteiger partial charge in [-0.25, -0.2) is 0 Å². The van der Waals surface area contributed by atoms with E-state index < -0.39 is 0 Å². The number of nitrogens with one attached hydrogen (secondary N) is 1. The summed E-state index contributed by atoms with van der Waals surface area (Å²) in [7, 11) is 2.23. The molecule has 0 amide bonds. The van der Waals surface area contributed by atoms with Gasteiger partial charge in [-0.3, -0.25) is 0 Å². The quantitative estimate of drug-likeness (QED) is 0.777. The molecule has 2 fully saturated rings. The minimum Gasteiger partial charge on any atom is -0.311 e. The summed E-state index contributed by atoms with van der Waals surface area (Å²) >= 11 is 0. The molecule has 0 unspecified atom stereocenters. The number of nitrogens with zero attached hydrogens (tertiary/aromatic N) is 2. The summed E-state index contributed by atoms with van der Waals surface area (Å²) < 4.78 is 0. The van der Waals surface area contributed by atoms with Crippen LogP contribution < -0.4 is 5.32 Å². The lowest BCUT2D eigenvalue weighted by Crippen LogP contribution is -2.49. The molecule has 2 rings (SSSR count). The Labute approximate surface area is 100 Å². The molecule has 94 valence electrons. The van der Waals surface area contributed by atoms with Gasteiger partial charge in [-0.05, 0) is 65.5 Å². The highest BCUT2D eigenvalue weighted by atomic mass is 15.1. The molecule has 0 aromatic heterocycles. The SMILES string of the molecule is CCN1CCC(NC2CCN(C)CC2)CC1. The first-order valence-corrected chi connectivity index (χ1v) is 6.95. The molecular formula is C13H27N3. The third kappa shape index (κ3) is 3.44. The largest absolute Gasteiger partial charge is 0.311 e. The monoisotopic (exact) mass is 225 g/mol. The molecule has 0 saturated carbocycles. The maximum atomic E-state index is 3.87. The van der Waals surface area contributed by atoms with E-state index in [0.29, 0.717) is 0 Å². The van der Waals surface area contributed by atoms with Crippen molar-refractivity contribution in [2.75, 3.05) is 39.8 Å². The average Bonchev–Trinajstić information content (AvgIpc) is 2.33. The van der Waals surface area contributed by atoms with Crippen LogP contribution in [0.15, 0.2) is 0 Å². The predicted octanol–water partition coefficient (Wildman–Crippen LogP) is 1.15. The molecule has 0 radical (unpaired) electrons. The van der Waals surface area contributed by atoms with Crippen molar-refractivity contribution < 1.29 is 0 Å². The van der Waals surface area contributed by atoms with Crippen molar-refractivity contribution in [2.45, 2.75) is 44.7 Å². The minimum atomic E-state index is 0.786. The molecule has 2 aliphatic rings. The van der Waals surface area contributed by atoms with Crippen molar-refractivity contribution in [3.8, 4) is 0 Å². The zero-order valence-electron chi connectivity index (χ0n) is 10.9. The Morgan fingerprint density at radius 3 is 1.94 bits per heavy atom. The minimum absolute atomic E-state index is 0.786. The Balaban J connectivity index is 1.66. The molecule has 0 aliphatic carbocycles. The fraction of sp³-hybridized carbons (Fsp3) is 1.00. The highest BCUT2D eigenvalue weighted by Gasteiger charge is 2.22. The van der Waals surface area contributed by atoms with E-state index in [1.165, 1.54) is 58.4 Å². The van der Waals surface area contributed by atoms with Crippen LogP contribution in [-0.4, -0.2) is 61.7 Å². The lowest BCUT2D eigenvalue weighted by Gasteiger charge is -2.36. The Morgan fingerprint density at radius 1 is 0.938 bits per heavy atom. The van der Waals surface area contributed by atoms with Crippen molar-refractivity contribution in [3.63, 3.8) is 0 Å². The Bertz CT molecular complexity index is 191. The molecule has 3 nitrogen and oxygen atoms in total. The van der Waals surface area contributed by atoms with Gasteiger partial charge in [0.25, 0.3) is 0 Å². The van der Waals surface area contributed by atoms with Gasteiger partial charge in [0.2, 0.25) is 0 Å². The fourth-order valence-electron chi connectivity index (χ4n) is 2.92. The van der Waals surface area contributed by atoms with Gasteiger partial charge in [0.1, 0.15) is 0 Å². The second-order valence-corrected chi connectivity index (χ2v) is 5.45. The predicted molar refractivity (Wildman–Crippen MR) is 68.8 cm³/mol. The summed E-state index contributed by atoms with van der Waals surface area (Å²) in [5.41, 5.74) is 0. The molecule has 1 N–H and O–H groups in total. The van der Waals surface area contributed by atoms with E-state index in [0.717, 1.165) is 12.1 Å². The van der Waals surface area contributed by atoms with Crippen LogP contribution in [-0.2, 0) is 0 Å². The van der Waals surface area contributed by atoms with Gasteiger partial charge in [0.05, 0.1) is 0 Å². The summed E-state index contributed by atoms with van der Waals surface area (Å²) in [5.74, 6) is 0. The third-order valence-corrected chi connectivity index (χ3v) is 4.22. The van der Waals surface area contributed by atoms with Gasteiger partial charge < -0.3 is 15.1 Å². The molecule has 0 atom stereocenters. The third-order valence-electron chi connectivity index (χ3n) is 4.22. The molecule has 2 saturated heterocycles. The molecule has 0 bridgehead atoms. The maximum Gasteiger partial charge on any atom is 0.00940 e. The standard InChI is InChI=1S/C13H27N3/c1-3-16-10-6-13(7-11-16)14-12-4-8-15(2)9-5-12/h12-14H,3-11H2,1-2H3. The van der Waals surface area contributed by atoms with Crippen LogP contribution in [0.3, 0.4) is 0 Å². The zero-order valence-corrected chi connectivity index (χ0v) is 10.9. The topological polar surface area (TPSA) is 18.5 Å². The van der Waals surface area contributed by atoms with Gasteiger partial charge in [-0.1, -0.05) is 6.92 Å². The summed E-state index contributed by atoms with van der Waals surface area (Å²) in [6.07, 6.45) is 5.37. The lowest BCUT2D eigenvalue weighted by atomic mass is 10.00. The number of hydrogen-bond donors (Lipinski definition) is 1. The van der Waals surface area contributed by atoms with Crippen molar-refractivity contribution >= 4 is 0 Å². The molecule has 0 aromatic carbocycles. The van der Waals surface area contributed by atoms with E-state index in [1.807, 2.05) is 0 Å². The van der Waals surface area contributed by atoms with Crippen LogP contribution in [0.25, 0.3) is 0 Å². The van der Waals surface area contributed by atoms with E-state index >= 15 is 0 Å². The highest BCUT2D eigenvalue weighted by Crippen LogP contribution is 2.14. The number of likely N-dealkylation sites (tertiary alicyclic amines) is 2. The van der Waals surface area contributed by atoms with Gasteiger partial charge in [0, 0.05) is 12.1 Å². The van der Waals surface area contributed by atoms with Crippen LogP contribution >= 0.6 is 0 Å². The van der Waals surface area contributed by atoms with Gasteiger partial charge in [-0.2, -0.15) is 0 Å².